The molecule has 0 spiro atoms. The third kappa shape index (κ3) is 3.11. The van der Waals surface area contributed by atoms with E-state index in [2.05, 4.69) is 11.8 Å². The van der Waals surface area contributed by atoms with E-state index in [0.717, 1.165) is 24.4 Å². The lowest BCUT2D eigenvalue weighted by molar-refractivity contribution is 0.0692. The molecule has 1 saturated carbocycles. The maximum Gasteiger partial charge on any atom is 0.338 e. The van der Waals surface area contributed by atoms with Crippen LogP contribution < -0.4 is 4.90 Å². The number of rotatable bonds is 4. The van der Waals surface area contributed by atoms with Gasteiger partial charge in [0.15, 0.2) is 0 Å². The predicted octanol–water partition coefficient (Wildman–Crippen LogP) is 3.93. The normalized spacial score (nSPS) is 22.6. The van der Waals surface area contributed by atoms with Crippen molar-refractivity contribution in [2.45, 2.75) is 45.1 Å². The molecule has 1 aromatic rings. The van der Waals surface area contributed by atoms with Crippen LogP contribution in [0.15, 0.2) is 18.2 Å². The number of hydrogen-bond acceptors (Lipinski definition) is 2. The monoisotopic (exact) mass is 279 g/mol. The Balaban J connectivity index is 2.08. The molecule has 2 rings (SSSR count). The first-order valence-corrected chi connectivity index (χ1v) is 7.28. The molecule has 0 amide bonds. The Morgan fingerprint density at radius 1 is 1.35 bits per heavy atom. The molecular weight excluding hydrogens is 257 g/mol. The van der Waals surface area contributed by atoms with Crippen molar-refractivity contribution in [2.24, 2.45) is 5.92 Å². The zero-order valence-electron chi connectivity index (χ0n) is 12.1. The van der Waals surface area contributed by atoms with Crippen molar-refractivity contribution >= 4 is 11.7 Å². The molecule has 0 atom stereocenters. The predicted molar refractivity (Wildman–Crippen MR) is 77.8 cm³/mol. The molecule has 4 heteroatoms. The van der Waals surface area contributed by atoms with Crippen LogP contribution in [0.3, 0.4) is 0 Å². The molecule has 20 heavy (non-hydrogen) atoms. The molecule has 0 unspecified atom stereocenters. The Bertz CT molecular complexity index is 481. The Morgan fingerprint density at radius 2 is 2.00 bits per heavy atom. The number of carboxylic acid groups (broad SMARTS) is 1. The van der Waals surface area contributed by atoms with Crippen LogP contribution in [0.4, 0.5) is 10.1 Å². The van der Waals surface area contributed by atoms with Crippen molar-refractivity contribution in [1.29, 1.82) is 0 Å². The van der Waals surface area contributed by atoms with Gasteiger partial charge in [-0.15, -0.1) is 0 Å². The molecule has 0 bridgehead atoms. The molecule has 0 aromatic heterocycles. The number of carboxylic acids is 1. The van der Waals surface area contributed by atoms with Crippen LogP contribution in [0.5, 0.6) is 0 Å². The number of anilines is 1. The minimum Gasteiger partial charge on any atom is -0.478 e. The first-order chi connectivity index (χ1) is 9.52. The van der Waals surface area contributed by atoms with Crippen molar-refractivity contribution in [1.82, 2.24) is 0 Å². The number of halogens is 1. The summed E-state index contributed by atoms with van der Waals surface area (Å²) in [5.74, 6) is -1.06. The second-order valence-electron chi connectivity index (χ2n) is 5.66. The van der Waals surface area contributed by atoms with E-state index in [1.54, 1.807) is 6.07 Å². The molecule has 1 aromatic carbocycles. The molecule has 0 heterocycles. The summed E-state index contributed by atoms with van der Waals surface area (Å²) in [4.78, 5) is 12.9. The lowest BCUT2D eigenvalue weighted by Crippen LogP contribution is -2.35. The van der Waals surface area contributed by atoms with Crippen molar-refractivity contribution in [3.63, 3.8) is 0 Å². The van der Waals surface area contributed by atoms with Crippen molar-refractivity contribution in [2.75, 3.05) is 11.9 Å². The maximum absolute atomic E-state index is 13.7. The lowest BCUT2D eigenvalue weighted by Gasteiger charge is -2.35. The van der Waals surface area contributed by atoms with Crippen LogP contribution in [0, 0.1) is 11.7 Å². The average Bonchev–Trinajstić information content (AvgIpc) is 2.46. The number of nitrogens with zero attached hydrogens (tertiary/aromatic N) is 1. The van der Waals surface area contributed by atoms with Crippen molar-refractivity contribution < 1.29 is 14.3 Å². The van der Waals surface area contributed by atoms with Gasteiger partial charge in [-0.1, -0.05) is 13.3 Å². The van der Waals surface area contributed by atoms with Gasteiger partial charge in [0.25, 0.3) is 0 Å². The van der Waals surface area contributed by atoms with E-state index < -0.39 is 11.8 Å². The van der Waals surface area contributed by atoms with E-state index in [4.69, 9.17) is 5.11 Å². The molecule has 1 fully saturated rings. The van der Waals surface area contributed by atoms with Gasteiger partial charge in [-0.05, 0) is 49.8 Å². The van der Waals surface area contributed by atoms with Gasteiger partial charge in [-0.3, -0.25) is 0 Å². The van der Waals surface area contributed by atoms with Crippen LogP contribution in [-0.4, -0.2) is 24.2 Å². The van der Waals surface area contributed by atoms with Crippen molar-refractivity contribution in [3.8, 4) is 0 Å². The van der Waals surface area contributed by atoms with E-state index in [-0.39, 0.29) is 5.56 Å². The van der Waals surface area contributed by atoms with Gasteiger partial charge in [0, 0.05) is 18.8 Å². The number of carbonyl (C=O) groups is 1. The third-order valence-corrected chi connectivity index (χ3v) is 4.53. The van der Waals surface area contributed by atoms with Crippen LogP contribution in [0.2, 0.25) is 0 Å². The highest BCUT2D eigenvalue weighted by Gasteiger charge is 2.24. The fourth-order valence-corrected chi connectivity index (χ4v) is 3.05. The topological polar surface area (TPSA) is 40.5 Å². The van der Waals surface area contributed by atoms with Gasteiger partial charge in [0.05, 0.1) is 5.56 Å². The van der Waals surface area contributed by atoms with Gasteiger partial charge >= 0.3 is 5.97 Å². The Kier molecular flexibility index (Phi) is 4.63. The number of aromatic carboxylic acids is 1. The summed E-state index contributed by atoms with van der Waals surface area (Å²) >= 11 is 0. The smallest absolute Gasteiger partial charge is 0.338 e. The summed E-state index contributed by atoms with van der Waals surface area (Å²) in [6, 6.07) is 4.79. The van der Waals surface area contributed by atoms with Gasteiger partial charge in [-0.2, -0.15) is 0 Å². The first-order valence-electron chi connectivity index (χ1n) is 7.28. The Morgan fingerprint density at radius 3 is 2.50 bits per heavy atom. The largest absolute Gasteiger partial charge is 0.478 e. The summed E-state index contributed by atoms with van der Waals surface area (Å²) in [5, 5.41) is 8.85. The lowest BCUT2D eigenvalue weighted by atomic mass is 9.84. The highest BCUT2D eigenvalue weighted by atomic mass is 19.1. The molecule has 110 valence electrons. The zero-order chi connectivity index (χ0) is 14.7. The molecule has 0 aliphatic heterocycles. The summed E-state index contributed by atoms with van der Waals surface area (Å²) < 4.78 is 13.7. The summed E-state index contributed by atoms with van der Waals surface area (Å²) in [7, 11) is 1.96. The second kappa shape index (κ2) is 6.25. The van der Waals surface area contributed by atoms with Crippen LogP contribution >= 0.6 is 0 Å². The fraction of sp³-hybridized carbons (Fsp3) is 0.562. The summed E-state index contributed by atoms with van der Waals surface area (Å²) in [5.41, 5.74) is 0.490. The van der Waals surface area contributed by atoms with Crippen LogP contribution in [-0.2, 0) is 0 Å². The number of hydrogen-bond donors (Lipinski definition) is 1. The Labute approximate surface area is 119 Å². The highest BCUT2D eigenvalue weighted by Crippen LogP contribution is 2.31. The molecule has 0 saturated heterocycles. The fourth-order valence-electron chi connectivity index (χ4n) is 3.05. The standard InChI is InChI=1S/C16H22FNO2/c1-3-11-4-6-12(7-5-11)18(2)13-8-9-14(16(19)20)15(17)10-13/h8-12H,3-7H2,1-2H3,(H,19,20). The van der Waals surface area contributed by atoms with E-state index in [1.807, 2.05) is 7.05 Å². The minimum atomic E-state index is -1.22. The molecule has 3 nitrogen and oxygen atoms in total. The third-order valence-electron chi connectivity index (χ3n) is 4.53. The van der Waals surface area contributed by atoms with Crippen LogP contribution in [0.1, 0.15) is 49.4 Å². The Hall–Kier alpha value is -1.58. The SMILES string of the molecule is CCC1CCC(N(C)c2ccc(C(=O)O)c(F)c2)CC1. The summed E-state index contributed by atoms with van der Waals surface area (Å²) in [6.45, 7) is 2.23. The number of benzene rings is 1. The molecule has 0 radical (unpaired) electrons. The second-order valence-corrected chi connectivity index (χ2v) is 5.66. The first kappa shape index (κ1) is 14.8. The minimum absolute atomic E-state index is 0.267. The maximum atomic E-state index is 13.7. The van der Waals surface area contributed by atoms with Crippen molar-refractivity contribution in [3.05, 3.63) is 29.6 Å². The van der Waals surface area contributed by atoms with Gasteiger partial charge in [-0.25, -0.2) is 9.18 Å². The molecule has 1 aliphatic carbocycles. The van der Waals surface area contributed by atoms with Gasteiger partial charge in [0.2, 0.25) is 0 Å². The van der Waals surface area contributed by atoms with E-state index in [9.17, 15) is 9.18 Å². The van der Waals surface area contributed by atoms with E-state index in [0.29, 0.717) is 6.04 Å². The van der Waals surface area contributed by atoms with Gasteiger partial charge in [0.1, 0.15) is 5.82 Å². The average molecular weight is 279 g/mol. The molecule has 1 aliphatic rings. The zero-order valence-corrected chi connectivity index (χ0v) is 12.1. The van der Waals surface area contributed by atoms with Gasteiger partial charge < -0.3 is 10.0 Å². The molecule has 1 N–H and O–H groups in total. The molecular formula is C16H22FNO2. The summed E-state index contributed by atoms with van der Waals surface area (Å²) in [6.07, 6.45) is 5.93. The van der Waals surface area contributed by atoms with E-state index >= 15 is 0 Å². The highest BCUT2D eigenvalue weighted by molar-refractivity contribution is 5.88. The van der Waals surface area contributed by atoms with E-state index in [1.165, 1.54) is 31.4 Å². The quantitative estimate of drug-likeness (QED) is 0.907. The van der Waals surface area contributed by atoms with Crippen LogP contribution in [0.25, 0.3) is 0 Å².